The van der Waals surface area contributed by atoms with E-state index >= 15 is 0 Å². The van der Waals surface area contributed by atoms with Crippen molar-refractivity contribution in [2.45, 2.75) is 52.1 Å². The van der Waals surface area contributed by atoms with Crippen LogP contribution in [0.2, 0.25) is 0 Å². The Labute approximate surface area is 62.8 Å². The van der Waals surface area contributed by atoms with Crippen LogP contribution in [0, 0.1) is 0 Å². The third-order valence-corrected chi connectivity index (χ3v) is 1.48. The Balaban J connectivity index is 0. The van der Waals surface area contributed by atoms with Crippen molar-refractivity contribution in [3.63, 3.8) is 0 Å². The molecule has 0 rings (SSSR count). The highest BCUT2D eigenvalue weighted by molar-refractivity contribution is 4.47. The Kier molecular flexibility index (Phi) is 11.2. The molecule has 1 nitrogen and oxygen atoms in total. The standard InChI is InChI=1S/C8H18O.FH/c1-3-4-5-6-7-8(2)9;/h8-9H,3-7H2,1-2H3;1H. The smallest absolute Gasteiger partial charge is 0.0512 e. The van der Waals surface area contributed by atoms with Crippen LogP contribution in [0.15, 0.2) is 0 Å². The number of aliphatic hydroxyl groups is 1. The molecule has 10 heavy (non-hydrogen) atoms. The van der Waals surface area contributed by atoms with E-state index in [0.717, 1.165) is 6.42 Å². The van der Waals surface area contributed by atoms with Gasteiger partial charge in [0.1, 0.15) is 0 Å². The van der Waals surface area contributed by atoms with Crippen LogP contribution in [0.25, 0.3) is 0 Å². The van der Waals surface area contributed by atoms with Crippen molar-refractivity contribution in [2.24, 2.45) is 0 Å². The predicted octanol–water partition coefficient (Wildman–Crippen LogP) is 2.49. The fourth-order valence-corrected chi connectivity index (χ4v) is 0.867. The number of rotatable bonds is 5. The van der Waals surface area contributed by atoms with Crippen molar-refractivity contribution < 1.29 is 9.81 Å². The lowest BCUT2D eigenvalue weighted by Crippen LogP contribution is -1.97. The van der Waals surface area contributed by atoms with Gasteiger partial charge in [-0.3, -0.25) is 4.70 Å². The summed E-state index contributed by atoms with van der Waals surface area (Å²) in [5.74, 6) is 0. The first-order valence-corrected chi connectivity index (χ1v) is 3.95. The fourth-order valence-electron chi connectivity index (χ4n) is 0.867. The lowest BCUT2D eigenvalue weighted by Gasteiger charge is -2.01. The summed E-state index contributed by atoms with van der Waals surface area (Å²) in [6, 6.07) is 0. The molecule has 64 valence electrons. The number of halogens is 1. The molecule has 0 aromatic carbocycles. The second kappa shape index (κ2) is 8.89. The van der Waals surface area contributed by atoms with Gasteiger partial charge in [0, 0.05) is 0 Å². The fraction of sp³-hybridized carbons (Fsp3) is 1.00. The zero-order chi connectivity index (χ0) is 7.11. The van der Waals surface area contributed by atoms with E-state index in [1.54, 1.807) is 0 Å². The van der Waals surface area contributed by atoms with Gasteiger partial charge in [0.2, 0.25) is 0 Å². The molecular formula is C8H19FO. The molecule has 0 heterocycles. The van der Waals surface area contributed by atoms with Crippen molar-refractivity contribution in [2.75, 3.05) is 0 Å². The molecule has 1 atom stereocenters. The maximum atomic E-state index is 8.85. The van der Waals surface area contributed by atoms with Gasteiger partial charge in [-0.2, -0.15) is 0 Å². The second-order valence-electron chi connectivity index (χ2n) is 2.70. The summed E-state index contributed by atoms with van der Waals surface area (Å²) in [6.07, 6.45) is 5.93. The molecule has 0 bridgehead atoms. The van der Waals surface area contributed by atoms with Gasteiger partial charge in [-0.15, -0.1) is 0 Å². The van der Waals surface area contributed by atoms with Crippen LogP contribution in [0.1, 0.15) is 46.0 Å². The van der Waals surface area contributed by atoms with E-state index in [9.17, 15) is 0 Å². The average Bonchev–Trinajstić information content (AvgIpc) is 1.80. The van der Waals surface area contributed by atoms with Gasteiger partial charge in [-0.1, -0.05) is 32.6 Å². The lowest BCUT2D eigenvalue weighted by molar-refractivity contribution is 0.180. The first-order chi connectivity index (χ1) is 4.27. The van der Waals surface area contributed by atoms with Gasteiger partial charge in [0.15, 0.2) is 0 Å². The summed E-state index contributed by atoms with van der Waals surface area (Å²) in [5, 5.41) is 8.85. The molecule has 0 spiro atoms. The van der Waals surface area contributed by atoms with Crippen LogP contribution in [0.3, 0.4) is 0 Å². The van der Waals surface area contributed by atoms with Gasteiger partial charge >= 0.3 is 0 Å². The molecule has 0 saturated carbocycles. The monoisotopic (exact) mass is 150 g/mol. The molecule has 2 heteroatoms. The highest BCUT2D eigenvalue weighted by Gasteiger charge is 1.93. The number of hydrogen-bond donors (Lipinski definition) is 1. The Bertz CT molecular complexity index is 55.2. The number of aliphatic hydroxyl groups excluding tert-OH is 1. The molecule has 0 saturated heterocycles. The molecule has 0 aromatic rings. The highest BCUT2D eigenvalue weighted by Crippen LogP contribution is 2.04. The number of unbranched alkanes of at least 4 members (excludes halogenated alkanes) is 3. The van der Waals surface area contributed by atoms with E-state index in [1.807, 2.05) is 6.92 Å². The van der Waals surface area contributed by atoms with Gasteiger partial charge in [0.25, 0.3) is 0 Å². The van der Waals surface area contributed by atoms with Crippen LogP contribution in [0.4, 0.5) is 4.70 Å². The van der Waals surface area contributed by atoms with Crippen molar-refractivity contribution in [1.82, 2.24) is 0 Å². The van der Waals surface area contributed by atoms with Crippen molar-refractivity contribution >= 4 is 0 Å². The maximum Gasteiger partial charge on any atom is 0.0512 e. The van der Waals surface area contributed by atoms with Crippen molar-refractivity contribution in [3.8, 4) is 0 Å². The molecule has 0 aliphatic heterocycles. The zero-order valence-electron chi connectivity index (χ0n) is 6.97. The Morgan fingerprint density at radius 2 is 1.80 bits per heavy atom. The first kappa shape index (κ1) is 12.6. The number of hydrogen-bond acceptors (Lipinski definition) is 1. The van der Waals surface area contributed by atoms with E-state index in [0.29, 0.717) is 0 Å². The Hall–Kier alpha value is -0.110. The van der Waals surface area contributed by atoms with E-state index in [1.165, 1.54) is 25.7 Å². The predicted molar refractivity (Wildman–Crippen MR) is 42.9 cm³/mol. The molecule has 0 fully saturated rings. The van der Waals surface area contributed by atoms with Crippen LogP contribution in [0.5, 0.6) is 0 Å². The summed E-state index contributed by atoms with van der Waals surface area (Å²) in [4.78, 5) is 0. The van der Waals surface area contributed by atoms with Crippen LogP contribution >= 0.6 is 0 Å². The normalized spacial score (nSPS) is 12.3. The molecule has 0 amide bonds. The minimum atomic E-state index is -0.0955. The second-order valence-corrected chi connectivity index (χ2v) is 2.70. The Morgan fingerprint density at radius 3 is 2.20 bits per heavy atom. The maximum absolute atomic E-state index is 8.85. The summed E-state index contributed by atoms with van der Waals surface area (Å²) < 4.78 is 0. The third kappa shape index (κ3) is 10.8. The Morgan fingerprint density at radius 1 is 1.20 bits per heavy atom. The van der Waals surface area contributed by atoms with Crippen molar-refractivity contribution in [3.05, 3.63) is 0 Å². The summed E-state index contributed by atoms with van der Waals surface area (Å²) in [5.41, 5.74) is 0. The van der Waals surface area contributed by atoms with Crippen LogP contribution < -0.4 is 0 Å². The van der Waals surface area contributed by atoms with E-state index in [-0.39, 0.29) is 10.8 Å². The van der Waals surface area contributed by atoms with Crippen LogP contribution in [-0.2, 0) is 0 Å². The lowest BCUT2D eigenvalue weighted by atomic mass is 10.1. The topological polar surface area (TPSA) is 20.2 Å². The van der Waals surface area contributed by atoms with Crippen molar-refractivity contribution in [1.29, 1.82) is 0 Å². The molecule has 0 aromatic heterocycles. The molecule has 0 aliphatic carbocycles. The summed E-state index contributed by atoms with van der Waals surface area (Å²) >= 11 is 0. The largest absolute Gasteiger partial charge is 0.393 e. The molecular weight excluding hydrogens is 131 g/mol. The van der Waals surface area contributed by atoms with Gasteiger partial charge in [0.05, 0.1) is 6.10 Å². The first-order valence-electron chi connectivity index (χ1n) is 3.95. The molecule has 1 N–H and O–H groups in total. The summed E-state index contributed by atoms with van der Waals surface area (Å²) in [7, 11) is 0. The average molecular weight is 150 g/mol. The van der Waals surface area contributed by atoms with Crippen LogP contribution in [-0.4, -0.2) is 11.2 Å². The van der Waals surface area contributed by atoms with Gasteiger partial charge in [-0.25, -0.2) is 0 Å². The quantitative estimate of drug-likeness (QED) is 0.597. The highest BCUT2D eigenvalue weighted by atomic mass is 19.0. The molecule has 0 aliphatic rings. The molecule has 1 unspecified atom stereocenters. The zero-order valence-corrected chi connectivity index (χ0v) is 6.97. The summed E-state index contributed by atoms with van der Waals surface area (Å²) in [6.45, 7) is 4.05. The minimum absolute atomic E-state index is 0. The SMILES string of the molecule is CCCCCCC(C)O.F. The third-order valence-electron chi connectivity index (χ3n) is 1.48. The minimum Gasteiger partial charge on any atom is -0.393 e. The van der Waals surface area contributed by atoms with Gasteiger partial charge in [-0.05, 0) is 13.3 Å². The van der Waals surface area contributed by atoms with E-state index in [4.69, 9.17) is 5.11 Å². The van der Waals surface area contributed by atoms with E-state index in [2.05, 4.69) is 6.92 Å². The van der Waals surface area contributed by atoms with E-state index < -0.39 is 0 Å². The molecule has 0 radical (unpaired) electrons. The van der Waals surface area contributed by atoms with Gasteiger partial charge < -0.3 is 5.11 Å².